The van der Waals surface area contributed by atoms with Crippen LogP contribution in [-0.2, 0) is 0 Å². The van der Waals surface area contributed by atoms with Gasteiger partial charge in [-0.15, -0.1) is 4.98 Å². The van der Waals surface area contributed by atoms with E-state index in [0.29, 0.717) is 10.8 Å². The van der Waals surface area contributed by atoms with Crippen molar-refractivity contribution in [2.75, 3.05) is 5.32 Å². The number of rotatable bonds is 6. The van der Waals surface area contributed by atoms with Crippen LogP contribution in [0.2, 0.25) is 0 Å². The molecule has 0 aliphatic heterocycles. The van der Waals surface area contributed by atoms with Crippen LogP contribution in [0.4, 0.5) is 64.3 Å². The van der Waals surface area contributed by atoms with E-state index in [0.717, 1.165) is 0 Å². The number of ether oxygens (including phenoxy) is 2. The van der Waals surface area contributed by atoms with Gasteiger partial charge >= 0.3 is 36.7 Å². The van der Waals surface area contributed by atoms with E-state index in [2.05, 4.69) is 29.7 Å². The first-order valence-corrected chi connectivity index (χ1v) is 9.47. The highest BCUT2D eigenvalue weighted by Crippen LogP contribution is 2.38. The van der Waals surface area contributed by atoms with Gasteiger partial charge in [0.15, 0.2) is 0 Å². The van der Waals surface area contributed by atoms with Gasteiger partial charge in [-0.05, 0) is 11.5 Å². The SMILES string of the molecule is FC(F)(F)C(Oc1nc(Nc2cccc3ccccc23)nc(OC(C(F)(F)F)C(F)(F)F)n1)C(F)(F)F. The van der Waals surface area contributed by atoms with Crippen LogP contribution in [-0.4, -0.2) is 51.9 Å². The first-order valence-electron chi connectivity index (χ1n) is 9.47. The summed E-state index contributed by atoms with van der Waals surface area (Å²) in [7, 11) is 0. The van der Waals surface area contributed by atoms with Gasteiger partial charge in [-0.3, -0.25) is 0 Å². The zero-order valence-electron chi connectivity index (χ0n) is 17.4. The van der Waals surface area contributed by atoms with E-state index in [1.165, 1.54) is 24.3 Å². The average molecular weight is 554 g/mol. The van der Waals surface area contributed by atoms with Gasteiger partial charge in [-0.2, -0.15) is 62.7 Å². The van der Waals surface area contributed by atoms with Crippen molar-refractivity contribution >= 4 is 22.4 Å². The molecule has 37 heavy (non-hydrogen) atoms. The molecule has 1 aromatic heterocycles. The molecule has 202 valence electrons. The molecule has 3 rings (SSSR count). The van der Waals surface area contributed by atoms with Gasteiger partial charge in [0.05, 0.1) is 0 Å². The first-order chi connectivity index (χ1) is 16.9. The summed E-state index contributed by atoms with van der Waals surface area (Å²) in [5.41, 5.74) is 0.0209. The van der Waals surface area contributed by atoms with Crippen molar-refractivity contribution in [3.8, 4) is 12.0 Å². The molecule has 3 aromatic rings. The minimum atomic E-state index is -6.12. The summed E-state index contributed by atoms with van der Waals surface area (Å²) in [6.45, 7) is 0. The number of hydrogen-bond donors (Lipinski definition) is 1. The molecule has 0 amide bonds. The number of alkyl halides is 12. The molecule has 0 atom stereocenters. The van der Waals surface area contributed by atoms with Gasteiger partial charge < -0.3 is 14.8 Å². The van der Waals surface area contributed by atoms with Gasteiger partial charge in [0.2, 0.25) is 5.95 Å². The van der Waals surface area contributed by atoms with Crippen LogP contribution in [0.25, 0.3) is 10.8 Å². The van der Waals surface area contributed by atoms with Crippen molar-refractivity contribution < 1.29 is 62.2 Å². The molecule has 0 unspecified atom stereocenters. The van der Waals surface area contributed by atoms with Crippen molar-refractivity contribution in [1.82, 2.24) is 15.0 Å². The van der Waals surface area contributed by atoms with E-state index in [-0.39, 0.29) is 5.69 Å². The Balaban J connectivity index is 2.10. The number of aromatic nitrogens is 3. The third-order valence-electron chi connectivity index (χ3n) is 4.27. The molecule has 1 N–H and O–H groups in total. The monoisotopic (exact) mass is 554 g/mol. The predicted molar refractivity (Wildman–Crippen MR) is 100 cm³/mol. The fourth-order valence-electron chi connectivity index (χ4n) is 2.80. The second-order valence-electron chi connectivity index (χ2n) is 7.04. The van der Waals surface area contributed by atoms with E-state index in [1.807, 2.05) is 0 Å². The Morgan fingerprint density at radius 1 is 0.568 bits per heavy atom. The number of halogens is 12. The number of hydrogen-bond acceptors (Lipinski definition) is 6. The maximum atomic E-state index is 12.9. The fraction of sp³-hybridized carbons (Fsp3) is 0.316. The number of nitrogens with zero attached hydrogens (tertiary/aromatic N) is 3. The molecule has 0 fully saturated rings. The number of anilines is 2. The normalized spacial score (nSPS) is 13.4. The zero-order valence-corrected chi connectivity index (χ0v) is 17.4. The number of fused-ring (bicyclic) bond motifs is 1. The van der Waals surface area contributed by atoms with Gasteiger partial charge in [0.1, 0.15) is 0 Å². The van der Waals surface area contributed by atoms with Crippen LogP contribution in [0.5, 0.6) is 12.0 Å². The topological polar surface area (TPSA) is 69.2 Å². The summed E-state index contributed by atoms with van der Waals surface area (Å²) < 4.78 is 162. The molecule has 6 nitrogen and oxygen atoms in total. The van der Waals surface area contributed by atoms with Crippen molar-refractivity contribution in [3.05, 3.63) is 42.5 Å². The van der Waals surface area contributed by atoms with Gasteiger partial charge in [0, 0.05) is 11.1 Å². The summed E-state index contributed by atoms with van der Waals surface area (Å²) in [5.74, 6) is -1.08. The second-order valence-corrected chi connectivity index (χ2v) is 7.04. The molecule has 0 bridgehead atoms. The van der Waals surface area contributed by atoms with Crippen LogP contribution < -0.4 is 14.8 Å². The zero-order chi connectivity index (χ0) is 27.8. The lowest BCUT2D eigenvalue weighted by molar-refractivity contribution is -0.302. The lowest BCUT2D eigenvalue weighted by atomic mass is 10.1. The van der Waals surface area contributed by atoms with Gasteiger partial charge in [-0.25, -0.2) is 0 Å². The van der Waals surface area contributed by atoms with Crippen molar-refractivity contribution in [2.45, 2.75) is 36.9 Å². The Labute approximate surface area is 197 Å². The summed E-state index contributed by atoms with van der Waals surface area (Å²) in [6, 6.07) is 6.68. The third kappa shape index (κ3) is 6.94. The lowest BCUT2D eigenvalue weighted by Crippen LogP contribution is -2.47. The van der Waals surface area contributed by atoms with Crippen molar-refractivity contribution in [1.29, 1.82) is 0 Å². The highest BCUT2D eigenvalue weighted by Gasteiger charge is 2.61. The smallest absolute Gasteiger partial charge is 0.434 e. The molecular formula is C19H10F12N4O2. The Bertz CT molecular complexity index is 1160. The minimum Gasteiger partial charge on any atom is -0.440 e. The Kier molecular flexibility index (Phi) is 7.24. The molecular weight excluding hydrogens is 544 g/mol. The van der Waals surface area contributed by atoms with E-state index in [9.17, 15) is 52.7 Å². The highest BCUT2D eigenvalue weighted by atomic mass is 19.4. The molecule has 0 spiro atoms. The Morgan fingerprint density at radius 2 is 1.00 bits per heavy atom. The average Bonchev–Trinajstić information content (AvgIpc) is 2.73. The molecule has 0 saturated heterocycles. The first kappa shape index (κ1) is 27.9. The molecule has 1 heterocycles. The number of benzene rings is 2. The van der Waals surface area contributed by atoms with Crippen molar-refractivity contribution in [3.63, 3.8) is 0 Å². The van der Waals surface area contributed by atoms with E-state index in [4.69, 9.17) is 0 Å². The molecule has 0 saturated carbocycles. The highest BCUT2D eigenvalue weighted by molar-refractivity contribution is 5.94. The summed E-state index contributed by atoms with van der Waals surface area (Å²) >= 11 is 0. The quantitative estimate of drug-likeness (QED) is 0.351. The molecule has 0 aliphatic carbocycles. The minimum absolute atomic E-state index is 0.0209. The maximum Gasteiger partial charge on any atom is 0.434 e. The van der Waals surface area contributed by atoms with Crippen LogP contribution in [0.1, 0.15) is 0 Å². The molecule has 0 radical (unpaired) electrons. The Hall–Kier alpha value is -3.73. The Morgan fingerprint density at radius 3 is 1.46 bits per heavy atom. The fourth-order valence-corrected chi connectivity index (χ4v) is 2.80. The van der Waals surface area contributed by atoms with Gasteiger partial charge in [0.25, 0.3) is 12.2 Å². The largest absolute Gasteiger partial charge is 0.440 e. The lowest BCUT2D eigenvalue weighted by Gasteiger charge is -2.24. The summed E-state index contributed by atoms with van der Waals surface area (Å²) in [5, 5.41) is 3.18. The van der Waals surface area contributed by atoms with E-state index >= 15 is 0 Å². The van der Waals surface area contributed by atoms with Gasteiger partial charge in [-0.1, -0.05) is 36.4 Å². The maximum absolute atomic E-state index is 12.9. The summed E-state index contributed by atoms with van der Waals surface area (Å²) in [4.78, 5) is 8.94. The molecule has 18 heteroatoms. The second kappa shape index (κ2) is 9.62. The van der Waals surface area contributed by atoms with E-state index < -0.39 is 54.9 Å². The molecule has 2 aromatic carbocycles. The van der Waals surface area contributed by atoms with E-state index in [1.54, 1.807) is 18.2 Å². The van der Waals surface area contributed by atoms with Crippen molar-refractivity contribution in [2.24, 2.45) is 0 Å². The standard InChI is InChI=1S/C19H10F12N4O2/c20-16(21,22)11(17(23,24)25)36-14-33-13(32-10-7-3-5-8-4-1-2-6-9(8)10)34-15(35-14)37-12(18(26,27)28)19(29,30)31/h1-7,11-12H,(H,32,33,34,35). The predicted octanol–water partition coefficient (Wildman–Crippen LogP) is 6.51. The van der Waals surface area contributed by atoms with Crippen LogP contribution in [0, 0.1) is 0 Å². The third-order valence-corrected chi connectivity index (χ3v) is 4.27. The molecule has 0 aliphatic rings. The van der Waals surface area contributed by atoms with Crippen LogP contribution in [0.3, 0.4) is 0 Å². The van der Waals surface area contributed by atoms with Crippen LogP contribution in [0.15, 0.2) is 42.5 Å². The van der Waals surface area contributed by atoms with Crippen LogP contribution >= 0.6 is 0 Å². The number of nitrogens with one attached hydrogen (secondary N) is 1. The summed E-state index contributed by atoms with van der Waals surface area (Å²) in [6.07, 6.45) is -33.6.